The van der Waals surface area contributed by atoms with Gasteiger partial charge in [-0.25, -0.2) is 9.37 Å². The van der Waals surface area contributed by atoms with E-state index >= 15 is 0 Å². The Hall–Kier alpha value is -3.58. The number of anilines is 2. The average Bonchev–Trinajstić information content (AvgIpc) is 2.79. The number of nitrogens with zero attached hydrogens (tertiary/aromatic N) is 4. The lowest BCUT2D eigenvalue weighted by atomic mass is 10.0. The maximum Gasteiger partial charge on any atom is 0.123 e. The van der Waals surface area contributed by atoms with Crippen molar-refractivity contribution in [3.8, 4) is 22.6 Å². The summed E-state index contributed by atoms with van der Waals surface area (Å²) in [6, 6.07) is 14.1. The Kier molecular flexibility index (Phi) is 4.95. The molecule has 1 aliphatic rings. The van der Waals surface area contributed by atoms with Gasteiger partial charge in [-0.15, -0.1) is 0 Å². The number of nitrogen functional groups attached to an aromatic ring is 1. The second kappa shape index (κ2) is 7.92. The predicted octanol–water partition coefficient (Wildman–Crippen LogP) is 4.01. The number of halogens is 1. The summed E-state index contributed by atoms with van der Waals surface area (Å²) >= 11 is 0. The molecule has 4 aromatic rings. The van der Waals surface area contributed by atoms with Crippen molar-refractivity contribution in [3.63, 3.8) is 0 Å². The molecule has 6 nitrogen and oxygen atoms in total. The molecule has 0 aliphatic carbocycles. The summed E-state index contributed by atoms with van der Waals surface area (Å²) in [5, 5.41) is 0.995. The lowest BCUT2D eigenvalue weighted by Crippen LogP contribution is -2.42. The molecular formula is C24H23FN6. The molecule has 1 atom stereocenters. The van der Waals surface area contributed by atoms with Crippen LogP contribution in [-0.4, -0.2) is 34.1 Å². The fraction of sp³-hybridized carbons (Fsp3) is 0.208. The van der Waals surface area contributed by atoms with Gasteiger partial charge in [-0.05, 0) is 61.4 Å². The van der Waals surface area contributed by atoms with Crippen LogP contribution in [0.1, 0.15) is 12.8 Å². The van der Waals surface area contributed by atoms with Gasteiger partial charge in [-0.3, -0.25) is 9.97 Å². The summed E-state index contributed by atoms with van der Waals surface area (Å²) in [5.74, 6) is -0.284. The topological polar surface area (TPSA) is 94.0 Å². The number of pyridine rings is 3. The fourth-order valence-corrected chi connectivity index (χ4v) is 4.12. The van der Waals surface area contributed by atoms with Crippen molar-refractivity contribution >= 4 is 22.3 Å². The normalized spacial score (nSPS) is 16.6. The third kappa shape index (κ3) is 3.80. The average molecular weight is 414 g/mol. The van der Waals surface area contributed by atoms with Crippen molar-refractivity contribution in [2.75, 3.05) is 23.7 Å². The summed E-state index contributed by atoms with van der Waals surface area (Å²) in [7, 11) is 0. The van der Waals surface area contributed by atoms with Gasteiger partial charge in [0.25, 0.3) is 0 Å². The molecule has 0 radical (unpaired) electrons. The second-order valence-electron chi connectivity index (χ2n) is 7.91. The van der Waals surface area contributed by atoms with Gasteiger partial charge in [0.05, 0.1) is 28.8 Å². The molecule has 1 aromatic carbocycles. The van der Waals surface area contributed by atoms with Crippen LogP contribution in [0.4, 0.5) is 15.8 Å². The van der Waals surface area contributed by atoms with E-state index in [1.54, 1.807) is 30.6 Å². The zero-order valence-corrected chi connectivity index (χ0v) is 17.0. The molecule has 0 amide bonds. The van der Waals surface area contributed by atoms with E-state index < -0.39 is 0 Å². The Balaban J connectivity index is 1.60. The van der Waals surface area contributed by atoms with Gasteiger partial charge in [-0.2, -0.15) is 0 Å². The number of hydrogen-bond donors (Lipinski definition) is 2. The first-order valence-corrected chi connectivity index (χ1v) is 10.4. The highest BCUT2D eigenvalue weighted by Gasteiger charge is 2.20. The monoisotopic (exact) mass is 414 g/mol. The Bertz CT molecular complexity index is 1240. The van der Waals surface area contributed by atoms with Crippen LogP contribution < -0.4 is 16.4 Å². The lowest BCUT2D eigenvalue weighted by Gasteiger charge is -2.33. The highest BCUT2D eigenvalue weighted by Crippen LogP contribution is 2.32. The van der Waals surface area contributed by atoms with E-state index in [0.717, 1.165) is 48.1 Å². The van der Waals surface area contributed by atoms with Crippen LogP contribution in [0.15, 0.2) is 60.9 Å². The van der Waals surface area contributed by atoms with Crippen molar-refractivity contribution in [3.05, 3.63) is 66.7 Å². The molecule has 0 spiro atoms. The molecule has 1 aliphatic heterocycles. The van der Waals surface area contributed by atoms with Crippen LogP contribution in [0.2, 0.25) is 0 Å². The second-order valence-corrected chi connectivity index (χ2v) is 7.91. The van der Waals surface area contributed by atoms with E-state index in [0.29, 0.717) is 22.8 Å². The summed E-state index contributed by atoms with van der Waals surface area (Å²) in [6.45, 7) is 1.78. The molecule has 31 heavy (non-hydrogen) atoms. The molecule has 156 valence electrons. The van der Waals surface area contributed by atoms with Gasteiger partial charge >= 0.3 is 0 Å². The maximum atomic E-state index is 13.3. The third-order valence-corrected chi connectivity index (χ3v) is 5.71. The zero-order chi connectivity index (χ0) is 21.4. The van der Waals surface area contributed by atoms with Crippen molar-refractivity contribution in [2.45, 2.75) is 18.9 Å². The molecule has 1 unspecified atom stereocenters. The highest BCUT2D eigenvalue weighted by atomic mass is 19.1. The SMILES string of the molecule is Nc1ccc(-c2ccc(F)cc2)nc1-c1cc2c(N3CCCC(N)C3)ccnc2cn1. The molecule has 5 rings (SSSR count). The Morgan fingerprint density at radius 1 is 1.00 bits per heavy atom. The summed E-state index contributed by atoms with van der Waals surface area (Å²) < 4.78 is 13.3. The number of fused-ring (bicyclic) bond motifs is 1. The summed E-state index contributed by atoms with van der Waals surface area (Å²) in [6.07, 6.45) is 5.67. The van der Waals surface area contributed by atoms with Crippen molar-refractivity contribution < 1.29 is 4.39 Å². The van der Waals surface area contributed by atoms with E-state index in [1.165, 1.54) is 12.1 Å². The molecule has 1 saturated heterocycles. The molecule has 4 N–H and O–H groups in total. The van der Waals surface area contributed by atoms with Crippen molar-refractivity contribution in [1.82, 2.24) is 15.0 Å². The minimum absolute atomic E-state index is 0.169. The van der Waals surface area contributed by atoms with Crippen molar-refractivity contribution in [1.29, 1.82) is 0 Å². The number of rotatable bonds is 3. The molecule has 4 heterocycles. The molecule has 7 heteroatoms. The van der Waals surface area contributed by atoms with Crippen LogP contribution >= 0.6 is 0 Å². The highest BCUT2D eigenvalue weighted by molar-refractivity contribution is 5.94. The zero-order valence-electron chi connectivity index (χ0n) is 17.0. The maximum absolute atomic E-state index is 13.3. The van der Waals surface area contributed by atoms with Gasteiger partial charge in [0.15, 0.2) is 0 Å². The fourth-order valence-electron chi connectivity index (χ4n) is 4.12. The van der Waals surface area contributed by atoms with E-state index in [9.17, 15) is 4.39 Å². The molecule has 0 bridgehead atoms. The number of nitrogens with two attached hydrogens (primary N) is 2. The standard InChI is InChI=1S/C24H23FN6/c25-16-5-3-15(4-6-16)20-8-7-19(27)24(30-20)21-12-18-22(13-29-21)28-10-9-23(18)31-11-1-2-17(26)14-31/h3-10,12-13,17H,1-2,11,14,26-27H2. The summed E-state index contributed by atoms with van der Waals surface area (Å²) in [5.41, 5.74) is 17.7. The smallest absolute Gasteiger partial charge is 0.123 e. The quantitative estimate of drug-likeness (QED) is 0.526. The van der Waals surface area contributed by atoms with Gasteiger partial charge in [-0.1, -0.05) is 0 Å². The van der Waals surface area contributed by atoms with Crippen molar-refractivity contribution in [2.24, 2.45) is 5.73 Å². The Morgan fingerprint density at radius 3 is 2.65 bits per heavy atom. The van der Waals surface area contributed by atoms with Crippen LogP contribution in [0.25, 0.3) is 33.5 Å². The van der Waals surface area contributed by atoms with Gasteiger partial charge < -0.3 is 16.4 Å². The molecule has 0 saturated carbocycles. The molecular weight excluding hydrogens is 391 g/mol. The number of piperidine rings is 1. The van der Waals surface area contributed by atoms with E-state index in [2.05, 4.69) is 14.9 Å². The molecule has 3 aromatic heterocycles. The van der Waals surface area contributed by atoms with Crippen LogP contribution in [0, 0.1) is 5.82 Å². The Labute approximate surface area is 179 Å². The van der Waals surface area contributed by atoms with Crippen LogP contribution in [0.5, 0.6) is 0 Å². The first kappa shape index (κ1) is 19.4. The third-order valence-electron chi connectivity index (χ3n) is 5.71. The van der Waals surface area contributed by atoms with E-state index in [-0.39, 0.29) is 11.9 Å². The minimum Gasteiger partial charge on any atom is -0.397 e. The minimum atomic E-state index is -0.284. The lowest BCUT2D eigenvalue weighted by molar-refractivity contribution is 0.507. The van der Waals surface area contributed by atoms with Gasteiger partial charge in [0.2, 0.25) is 0 Å². The predicted molar refractivity (Wildman–Crippen MR) is 122 cm³/mol. The first-order chi connectivity index (χ1) is 15.1. The van der Waals surface area contributed by atoms with Gasteiger partial charge in [0, 0.05) is 42.0 Å². The largest absolute Gasteiger partial charge is 0.397 e. The number of benzene rings is 1. The first-order valence-electron chi connectivity index (χ1n) is 10.4. The van der Waals surface area contributed by atoms with E-state index in [1.807, 2.05) is 18.2 Å². The molecule has 1 fully saturated rings. The van der Waals surface area contributed by atoms with Crippen LogP contribution in [-0.2, 0) is 0 Å². The summed E-state index contributed by atoms with van der Waals surface area (Å²) in [4.78, 5) is 16.1. The van der Waals surface area contributed by atoms with E-state index in [4.69, 9.17) is 16.5 Å². The van der Waals surface area contributed by atoms with Gasteiger partial charge in [0.1, 0.15) is 11.5 Å². The Morgan fingerprint density at radius 2 is 1.84 bits per heavy atom. The van der Waals surface area contributed by atoms with Crippen LogP contribution in [0.3, 0.4) is 0 Å². The number of aromatic nitrogens is 3. The number of hydrogen-bond acceptors (Lipinski definition) is 6.